The summed E-state index contributed by atoms with van der Waals surface area (Å²) >= 11 is 0. The topological polar surface area (TPSA) is 67.2 Å². The number of carbonyl (C=O) groups excluding carboxylic acids is 1. The molecule has 144 valence electrons. The molecule has 4 aromatic rings. The number of aromatic nitrogens is 2. The number of benzene rings is 3. The largest absolute Gasteiger partial charge is 0.317 e. The van der Waals surface area contributed by atoms with Crippen molar-refractivity contribution < 1.29 is 10.0 Å². The lowest BCUT2D eigenvalue weighted by atomic mass is 10.1. The molecule has 29 heavy (non-hydrogen) atoms. The smallest absolute Gasteiger partial charge is 0.267 e. The van der Waals surface area contributed by atoms with E-state index in [1.54, 1.807) is 11.6 Å². The summed E-state index contributed by atoms with van der Waals surface area (Å²) in [6.07, 6.45) is 2.94. The first kappa shape index (κ1) is 18.7. The number of nitrogens with zero attached hydrogens (tertiary/aromatic N) is 2. The van der Waals surface area contributed by atoms with Gasteiger partial charge in [0.1, 0.15) is 5.82 Å². The number of carbonyl (C=O) groups is 1. The Balaban J connectivity index is 1.84. The maximum absolute atomic E-state index is 11.3. The van der Waals surface area contributed by atoms with E-state index in [1.165, 1.54) is 11.6 Å². The van der Waals surface area contributed by atoms with Crippen molar-refractivity contribution in [2.24, 2.45) is 0 Å². The minimum atomic E-state index is -0.569. The number of hydrogen-bond donors (Lipinski definition) is 2. The van der Waals surface area contributed by atoms with Gasteiger partial charge in [-0.25, -0.2) is 10.5 Å². The second-order valence-electron chi connectivity index (χ2n) is 6.82. The predicted octanol–water partition coefficient (Wildman–Crippen LogP) is 4.83. The van der Waals surface area contributed by atoms with Crippen LogP contribution in [-0.2, 0) is 4.79 Å². The van der Waals surface area contributed by atoms with E-state index >= 15 is 0 Å². The van der Waals surface area contributed by atoms with Gasteiger partial charge in [0, 0.05) is 11.6 Å². The Labute approximate surface area is 168 Å². The second-order valence-corrected chi connectivity index (χ2v) is 6.82. The van der Waals surface area contributed by atoms with E-state index in [1.807, 2.05) is 60.7 Å². The molecule has 5 nitrogen and oxygen atoms in total. The molecular formula is C24H21N3O2. The van der Waals surface area contributed by atoms with Crippen molar-refractivity contribution in [3.05, 3.63) is 96.1 Å². The Hall–Kier alpha value is -3.70. The molecule has 5 heteroatoms. The number of para-hydroxylation sites is 2. The van der Waals surface area contributed by atoms with Gasteiger partial charge in [0.2, 0.25) is 0 Å². The molecule has 1 amide bonds. The molecule has 0 unspecified atom stereocenters. The summed E-state index contributed by atoms with van der Waals surface area (Å²) in [4.78, 5) is 16.2. The molecule has 1 atom stereocenters. The van der Waals surface area contributed by atoms with Gasteiger partial charge in [0.05, 0.1) is 17.1 Å². The molecule has 0 radical (unpaired) electrons. The summed E-state index contributed by atoms with van der Waals surface area (Å²) in [5.41, 5.74) is 6.60. The zero-order valence-corrected chi connectivity index (χ0v) is 16.0. The average Bonchev–Trinajstić information content (AvgIpc) is 3.17. The zero-order valence-electron chi connectivity index (χ0n) is 16.0. The van der Waals surface area contributed by atoms with Crippen molar-refractivity contribution >= 4 is 23.0 Å². The second kappa shape index (κ2) is 8.12. The molecule has 0 aliphatic rings. The van der Waals surface area contributed by atoms with Crippen molar-refractivity contribution in [1.29, 1.82) is 0 Å². The van der Waals surface area contributed by atoms with Crippen LogP contribution in [0.3, 0.4) is 0 Å². The average molecular weight is 383 g/mol. The predicted molar refractivity (Wildman–Crippen MR) is 114 cm³/mol. The Morgan fingerprint density at radius 2 is 1.79 bits per heavy atom. The van der Waals surface area contributed by atoms with Crippen LogP contribution in [0.25, 0.3) is 28.5 Å². The van der Waals surface area contributed by atoms with Gasteiger partial charge in [-0.05, 0) is 42.3 Å². The minimum absolute atomic E-state index is 0.0953. The molecule has 0 aliphatic carbocycles. The third-order valence-electron chi connectivity index (χ3n) is 4.95. The van der Waals surface area contributed by atoms with Crippen LogP contribution in [0.4, 0.5) is 0 Å². The lowest BCUT2D eigenvalue weighted by Crippen LogP contribution is -2.14. The number of hydroxylamine groups is 1. The highest BCUT2D eigenvalue weighted by atomic mass is 16.5. The van der Waals surface area contributed by atoms with Crippen LogP contribution in [0.1, 0.15) is 24.1 Å². The van der Waals surface area contributed by atoms with E-state index in [0.29, 0.717) is 0 Å². The highest BCUT2D eigenvalue weighted by Gasteiger charge is 2.18. The molecule has 2 N–H and O–H groups in total. The molecule has 0 bridgehead atoms. The lowest BCUT2D eigenvalue weighted by Gasteiger charge is -2.18. The summed E-state index contributed by atoms with van der Waals surface area (Å²) in [5, 5.41) is 8.67. The third-order valence-corrected chi connectivity index (χ3v) is 4.95. The highest BCUT2D eigenvalue weighted by Crippen LogP contribution is 2.31. The van der Waals surface area contributed by atoms with Gasteiger partial charge >= 0.3 is 0 Å². The van der Waals surface area contributed by atoms with Crippen LogP contribution in [-0.4, -0.2) is 20.7 Å². The first-order valence-corrected chi connectivity index (χ1v) is 9.42. The third kappa shape index (κ3) is 3.81. The van der Waals surface area contributed by atoms with Gasteiger partial charge in [-0.15, -0.1) is 0 Å². The number of nitrogens with one attached hydrogen (secondary N) is 1. The van der Waals surface area contributed by atoms with Crippen LogP contribution in [0.5, 0.6) is 0 Å². The van der Waals surface area contributed by atoms with Crippen LogP contribution in [0, 0.1) is 0 Å². The fourth-order valence-corrected chi connectivity index (χ4v) is 3.51. The molecule has 1 aromatic heterocycles. The molecule has 4 rings (SSSR count). The number of amides is 1. The van der Waals surface area contributed by atoms with Crippen LogP contribution >= 0.6 is 0 Å². The Morgan fingerprint density at radius 1 is 1.03 bits per heavy atom. The zero-order chi connectivity index (χ0) is 20.2. The highest BCUT2D eigenvalue weighted by molar-refractivity contribution is 5.91. The lowest BCUT2D eigenvalue weighted by molar-refractivity contribution is -0.124. The molecule has 1 heterocycles. The molecule has 0 aliphatic heterocycles. The van der Waals surface area contributed by atoms with Crippen molar-refractivity contribution in [3.8, 4) is 11.4 Å². The summed E-state index contributed by atoms with van der Waals surface area (Å²) in [7, 11) is 0. The fourth-order valence-electron chi connectivity index (χ4n) is 3.51. The normalized spacial score (nSPS) is 12.3. The minimum Gasteiger partial charge on any atom is -0.317 e. The Kier molecular flexibility index (Phi) is 5.22. The SMILES string of the molecule is C[C@@H](c1ccccc1)n1c(-c2cccc(/C=C/C(=O)NO)c2)nc2ccccc21. The first-order chi connectivity index (χ1) is 14.2. The maximum atomic E-state index is 11.3. The number of fused-ring (bicyclic) bond motifs is 1. The quantitative estimate of drug-likeness (QED) is 0.295. The van der Waals surface area contributed by atoms with Crippen LogP contribution < -0.4 is 5.48 Å². The Bertz CT molecular complexity index is 1180. The Morgan fingerprint density at radius 3 is 2.59 bits per heavy atom. The van der Waals surface area contributed by atoms with Crippen molar-refractivity contribution in [2.75, 3.05) is 0 Å². The van der Waals surface area contributed by atoms with Gasteiger partial charge in [-0.1, -0.05) is 60.7 Å². The van der Waals surface area contributed by atoms with E-state index in [9.17, 15) is 4.79 Å². The molecule has 0 saturated carbocycles. The standard InChI is InChI=1S/C24H21N3O2/c1-17(19-9-3-2-4-10-19)27-22-13-6-5-12-21(22)25-24(27)20-11-7-8-18(16-20)14-15-23(28)26-29/h2-17,29H,1H3,(H,26,28)/b15-14+/t17-/m0/s1. The molecular weight excluding hydrogens is 362 g/mol. The van der Waals surface area contributed by atoms with Gasteiger partial charge < -0.3 is 4.57 Å². The summed E-state index contributed by atoms with van der Waals surface area (Å²) in [6.45, 7) is 2.17. The first-order valence-electron chi connectivity index (χ1n) is 9.42. The van der Waals surface area contributed by atoms with Gasteiger partial charge in [-0.3, -0.25) is 10.0 Å². The number of imidazole rings is 1. The molecule has 0 saturated heterocycles. The van der Waals surface area contributed by atoms with Crippen LogP contribution in [0.2, 0.25) is 0 Å². The summed E-state index contributed by atoms with van der Waals surface area (Å²) < 4.78 is 2.24. The molecule has 3 aromatic carbocycles. The molecule has 0 fully saturated rings. The maximum Gasteiger partial charge on any atom is 0.267 e. The monoisotopic (exact) mass is 383 g/mol. The summed E-state index contributed by atoms with van der Waals surface area (Å²) in [5.74, 6) is 0.296. The van der Waals surface area contributed by atoms with Gasteiger partial charge in [0.25, 0.3) is 5.91 Å². The van der Waals surface area contributed by atoms with Crippen molar-refractivity contribution in [2.45, 2.75) is 13.0 Å². The van der Waals surface area contributed by atoms with E-state index in [4.69, 9.17) is 10.2 Å². The van der Waals surface area contributed by atoms with Crippen molar-refractivity contribution in [1.82, 2.24) is 15.0 Å². The van der Waals surface area contributed by atoms with E-state index < -0.39 is 5.91 Å². The van der Waals surface area contributed by atoms with E-state index in [0.717, 1.165) is 28.0 Å². The van der Waals surface area contributed by atoms with E-state index in [2.05, 4.69) is 29.7 Å². The molecule has 0 spiro atoms. The summed E-state index contributed by atoms with van der Waals surface area (Å²) in [6, 6.07) is 26.4. The number of hydrogen-bond acceptors (Lipinski definition) is 3. The fraction of sp³-hybridized carbons (Fsp3) is 0.0833. The van der Waals surface area contributed by atoms with E-state index in [-0.39, 0.29) is 6.04 Å². The number of rotatable bonds is 5. The van der Waals surface area contributed by atoms with Gasteiger partial charge in [0.15, 0.2) is 0 Å². The van der Waals surface area contributed by atoms with Crippen LogP contribution in [0.15, 0.2) is 84.9 Å². The van der Waals surface area contributed by atoms with Gasteiger partial charge in [-0.2, -0.15) is 0 Å². The van der Waals surface area contributed by atoms with Crippen molar-refractivity contribution in [3.63, 3.8) is 0 Å².